The average molecular weight is 298 g/mol. The fraction of sp³-hybridized carbons (Fsp3) is 0.412. The summed E-state index contributed by atoms with van der Waals surface area (Å²) in [5.41, 5.74) is 2.59. The van der Waals surface area contributed by atoms with Gasteiger partial charge in [-0.05, 0) is 30.0 Å². The van der Waals surface area contributed by atoms with Gasteiger partial charge < -0.3 is 10.4 Å². The lowest BCUT2D eigenvalue weighted by Gasteiger charge is -2.30. The minimum atomic E-state index is -0.122. The average Bonchev–Trinajstić information content (AvgIpc) is 2.57. The van der Waals surface area contributed by atoms with E-state index in [1.165, 1.54) is 11.1 Å². The van der Waals surface area contributed by atoms with E-state index < -0.39 is 0 Å². The maximum absolute atomic E-state index is 9.61. The second-order valence-electron chi connectivity index (χ2n) is 5.70. The third kappa shape index (κ3) is 4.02. The zero-order chi connectivity index (χ0) is 15.2. The van der Waals surface area contributed by atoms with Crippen LogP contribution in [0, 0.1) is 0 Å². The molecule has 1 aromatic carbocycles. The molecule has 2 aromatic rings. The molecule has 0 amide bonds. The third-order valence-electron chi connectivity index (χ3n) is 4.07. The second kappa shape index (κ2) is 7.33. The predicted octanol–water partition coefficient (Wildman–Crippen LogP) is 2.05. The number of anilines is 1. The first-order valence-corrected chi connectivity index (χ1v) is 7.79. The van der Waals surface area contributed by atoms with E-state index in [1.807, 2.05) is 6.07 Å². The number of piperidine rings is 1. The largest absolute Gasteiger partial charge is 0.393 e. The molecule has 22 heavy (non-hydrogen) atoms. The lowest BCUT2D eigenvalue weighted by atomic mass is 10.0. The molecule has 0 saturated carbocycles. The summed E-state index contributed by atoms with van der Waals surface area (Å²) in [5, 5.41) is 12.9. The Bertz CT molecular complexity index is 582. The number of aliphatic hydroxyl groups is 1. The van der Waals surface area contributed by atoms with Crippen molar-refractivity contribution in [3.8, 4) is 0 Å². The number of likely N-dealkylation sites (tertiary alicyclic amines) is 1. The summed E-state index contributed by atoms with van der Waals surface area (Å²) >= 11 is 0. The highest BCUT2D eigenvalue weighted by molar-refractivity contribution is 5.32. The van der Waals surface area contributed by atoms with Crippen molar-refractivity contribution in [2.45, 2.75) is 32.0 Å². The first-order chi connectivity index (χ1) is 10.8. The molecule has 1 fully saturated rings. The molecule has 5 heteroatoms. The SMILES string of the molecule is OC1CCN(Cc2ccccc2CNc2ncccn2)CC1. The van der Waals surface area contributed by atoms with Gasteiger partial charge >= 0.3 is 0 Å². The van der Waals surface area contributed by atoms with Gasteiger partial charge in [0.05, 0.1) is 6.10 Å². The molecule has 0 spiro atoms. The number of hydrogen-bond donors (Lipinski definition) is 2. The molecule has 116 valence electrons. The number of aromatic nitrogens is 2. The van der Waals surface area contributed by atoms with Crippen LogP contribution in [0.15, 0.2) is 42.7 Å². The highest BCUT2D eigenvalue weighted by atomic mass is 16.3. The van der Waals surface area contributed by atoms with Crippen molar-refractivity contribution in [3.05, 3.63) is 53.9 Å². The number of hydrogen-bond acceptors (Lipinski definition) is 5. The lowest BCUT2D eigenvalue weighted by Crippen LogP contribution is -2.35. The first-order valence-electron chi connectivity index (χ1n) is 7.79. The van der Waals surface area contributed by atoms with E-state index in [9.17, 15) is 5.11 Å². The van der Waals surface area contributed by atoms with Crippen LogP contribution in [0.25, 0.3) is 0 Å². The van der Waals surface area contributed by atoms with E-state index in [0.29, 0.717) is 5.95 Å². The van der Waals surface area contributed by atoms with E-state index in [2.05, 4.69) is 44.5 Å². The van der Waals surface area contributed by atoms with Crippen molar-refractivity contribution in [2.24, 2.45) is 0 Å². The topological polar surface area (TPSA) is 61.3 Å². The predicted molar refractivity (Wildman–Crippen MR) is 86.3 cm³/mol. The minimum Gasteiger partial charge on any atom is -0.393 e. The van der Waals surface area contributed by atoms with E-state index in [-0.39, 0.29) is 6.10 Å². The summed E-state index contributed by atoms with van der Waals surface area (Å²) < 4.78 is 0. The van der Waals surface area contributed by atoms with E-state index in [0.717, 1.165) is 39.0 Å². The molecular formula is C17H22N4O. The van der Waals surface area contributed by atoms with Gasteiger partial charge in [-0.1, -0.05) is 24.3 Å². The van der Waals surface area contributed by atoms with Crippen molar-refractivity contribution < 1.29 is 5.11 Å². The Hall–Kier alpha value is -1.98. The summed E-state index contributed by atoms with van der Waals surface area (Å²) in [6.45, 7) is 3.58. The third-order valence-corrected chi connectivity index (χ3v) is 4.07. The molecule has 1 aliphatic heterocycles. The Kier molecular flexibility index (Phi) is 4.98. The summed E-state index contributed by atoms with van der Waals surface area (Å²) in [7, 11) is 0. The molecule has 0 radical (unpaired) electrons. The summed E-state index contributed by atoms with van der Waals surface area (Å²) in [4.78, 5) is 10.8. The van der Waals surface area contributed by atoms with Gasteiger partial charge in [0.15, 0.2) is 0 Å². The molecule has 2 heterocycles. The fourth-order valence-corrected chi connectivity index (χ4v) is 2.77. The number of aliphatic hydroxyl groups excluding tert-OH is 1. The van der Waals surface area contributed by atoms with Gasteiger partial charge in [-0.2, -0.15) is 0 Å². The molecule has 3 rings (SSSR count). The zero-order valence-corrected chi connectivity index (χ0v) is 12.7. The Labute approximate surface area is 131 Å². The fourth-order valence-electron chi connectivity index (χ4n) is 2.77. The molecule has 0 aliphatic carbocycles. The highest BCUT2D eigenvalue weighted by Gasteiger charge is 2.17. The van der Waals surface area contributed by atoms with Crippen LogP contribution < -0.4 is 5.32 Å². The molecular weight excluding hydrogens is 276 g/mol. The maximum Gasteiger partial charge on any atom is 0.222 e. The highest BCUT2D eigenvalue weighted by Crippen LogP contribution is 2.17. The summed E-state index contributed by atoms with van der Waals surface area (Å²) in [6, 6.07) is 10.3. The van der Waals surface area contributed by atoms with Crippen molar-refractivity contribution in [3.63, 3.8) is 0 Å². The van der Waals surface area contributed by atoms with Gasteiger partial charge in [-0.3, -0.25) is 4.90 Å². The van der Waals surface area contributed by atoms with Crippen molar-refractivity contribution in [2.75, 3.05) is 18.4 Å². The Balaban J connectivity index is 1.62. The molecule has 5 nitrogen and oxygen atoms in total. The molecule has 1 saturated heterocycles. The van der Waals surface area contributed by atoms with Gasteiger partial charge in [0.25, 0.3) is 0 Å². The molecule has 0 atom stereocenters. The molecule has 0 bridgehead atoms. The number of rotatable bonds is 5. The first kappa shape index (κ1) is 14.9. The Morgan fingerprint density at radius 3 is 2.45 bits per heavy atom. The van der Waals surface area contributed by atoms with Crippen LogP contribution in [0.2, 0.25) is 0 Å². The van der Waals surface area contributed by atoms with Crippen LogP contribution in [-0.2, 0) is 13.1 Å². The summed E-state index contributed by atoms with van der Waals surface area (Å²) in [5.74, 6) is 0.651. The quantitative estimate of drug-likeness (QED) is 0.884. The molecule has 2 N–H and O–H groups in total. The number of nitrogens with one attached hydrogen (secondary N) is 1. The van der Waals surface area contributed by atoms with Crippen LogP contribution in [0.4, 0.5) is 5.95 Å². The number of nitrogens with zero attached hydrogens (tertiary/aromatic N) is 3. The molecule has 0 unspecified atom stereocenters. The molecule has 1 aromatic heterocycles. The van der Waals surface area contributed by atoms with Crippen LogP contribution in [0.3, 0.4) is 0 Å². The summed E-state index contributed by atoms with van der Waals surface area (Å²) in [6.07, 6.45) is 5.10. The van der Waals surface area contributed by atoms with Gasteiger partial charge in [-0.15, -0.1) is 0 Å². The van der Waals surface area contributed by atoms with E-state index in [4.69, 9.17) is 0 Å². The van der Waals surface area contributed by atoms with Crippen LogP contribution in [0.5, 0.6) is 0 Å². The van der Waals surface area contributed by atoms with Crippen molar-refractivity contribution in [1.82, 2.24) is 14.9 Å². The lowest BCUT2D eigenvalue weighted by molar-refractivity contribution is 0.0791. The van der Waals surface area contributed by atoms with E-state index >= 15 is 0 Å². The zero-order valence-electron chi connectivity index (χ0n) is 12.7. The van der Waals surface area contributed by atoms with Gasteiger partial charge in [0.1, 0.15) is 0 Å². The van der Waals surface area contributed by atoms with E-state index in [1.54, 1.807) is 12.4 Å². The monoisotopic (exact) mass is 298 g/mol. The Morgan fingerprint density at radius 1 is 1.05 bits per heavy atom. The van der Waals surface area contributed by atoms with Gasteiger partial charge in [0.2, 0.25) is 5.95 Å². The van der Waals surface area contributed by atoms with Crippen LogP contribution in [-0.4, -0.2) is 39.2 Å². The van der Waals surface area contributed by atoms with Gasteiger partial charge in [-0.25, -0.2) is 9.97 Å². The van der Waals surface area contributed by atoms with Crippen molar-refractivity contribution >= 4 is 5.95 Å². The van der Waals surface area contributed by atoms with Crippen LogP contribution in [0.1, 0.15) is 24.0 Å². The standard InChI is InChI=1S/C17H22N4O/c22-16-6-10-21(11-7-16)13-15-5-2-1-4-14(15)12-20-17-18-8-3-9-19-17/h1-5,8-9,16,22H,6-7,10-13H2,(H,18,19,20). The number of benzene rings is 1. The maximum atomic E-state index is 9.61. The molecule has 1 aliphatic rings. The van der Waals surface area contributed by atoms with Crippen LogP contribution >= 0.6 is 0 Å². The minimum absolute atomic E-state index is 0.122. The smallest absolute Gasteiger partial charge is 0.222 e. The normalized spacial score (nSPS) is 16.6. The second-order valence-corrected chi connectivity index (χ2v) is 5.70. The van der Waals surface area contributed by atoms with Crippen molar-refractivity contribution in [1.29, 1.82) is 0 Å². The van der Waals surface area contributed by atoms with Gasteiger partial charge in [0, 0.05) is 38.6 Å². The Morgan fingerprint density at radius 2 is 1.73 bits per heavy atom.